The molecule has 0 bridgehead atoms. The van der Waals surface area contributed by atoms with Crippen LogP contribution in [0.25, 0.3) is 0 Å². The smallest absolute Gasteiger partial charge is 0.0661 e. The van der Waals surface area contributed by atoms with E-state index in [9.17, 15) is 0 Å². The molecule has 2 heteroatoms. The van der Waals surface area contributed by atoms with Gasteiger partial charge in [0.1, 0.15) is 0 Å². The minimum Gasteiger partial charge on any atom is -0.379 e. The number of hydrogen-bond acceptors (Lipinski definition) is 2. The lowest BCUT2D eigenvalue weighted by Crippen LogP contribution is -2.25. The zero-order chi connectivity index (χ0) is 15.1. The Morgan fingerprint density at radius 1 is 1.19 bits per heavy atom. The van der Waals surface area contributed by atoms with Gasteiger partial charge in [-0.05, 0) is 42.3 Å². The van der Waals surface area contributed by atoms with Crippen molar-refractivity contribution in [3.05, 3.63) is 35.4 Å². The molecule has 0 amide bonds. The van der Waals surface area contributed by atoms with Crippen LogP contribution in [0.15, 0.2) is 24.3 Å². The van der Waals surface area contributed by atoms with Crippen LogP contribution in [0.3, 0.4) is 0 Å². The second-order valence-electron chi connectivity index (χ2n) is 6.76. The Balaban J connectivity index is 1.83. The molecule has 0 aromatic heterocycles. The summed E-state index contributed by atoms with van der Waals surface area (Å²) >= 11 is 0. The van der Waals surface area contributed by atoms with E-state index in [2.05, 4.69) is 50.4 Å². The molecule has 118 valence electrons. The Morgan fingerprint density at radius 3 is 2.48 bits per heavy atom. The highest BCUT2D eigenvalue weighted by Crippen LogP contribution is 2.32. The maximum atomic E-state index is 5.89. The van der Waals surface area contributed by atoms with Gasteiger partial charge < -0.3 is 10.1 Å². The van der Waals surface area contributed by atoms with Gasteiger partial charge in [0, 0.05) is 6.61 Å². The quantitative estimate of drug-likeness (QED) is 0.646. The average molecular weight is 289 g/mol. The Bertz CT molecular complexity index is 395. The van der Waals surface area contributed by atoms with Gasteiger partial charge in [-0.3, -0.25) is 0 Å². The molecular formula is C19H31NO. The molecule has 1 N–H and O–H groups in total. The number of likely N-dealkylation sites (N-methyl/N-ethyl adjacent to an activating group) is 1. The van der Waals surface area contributed by atoms with Crippen molar-refractivity contribution in [3.63, 3.8) is 0 Å². The first kappa shape index (κ1) is 16.5. The number of hydrogen-bond donors (Lipinski definition) is 1. The van der Waals surface area contributed by atoms with E-state index < -0.39 is 0 Å². The second kappa shape index (κ2) is 8.55. The van der Waals surface area contributed by atoms with Crippen LogP contribution in [0.4, 0.5) is 0 Å². The Kier molecular flexibility index (Phi) is 6.72. The molecule has 21 heavy (non-hydrogen) atoms. The van der Waals surface area contributed by atoms with Crippen LogP contribution in [-0.2, 0) is 11.2 Å². The van der Waals surface area contributed by atoms with Gasteiger partial charge in [0.15, 0.2) is 0 Å². The van der Waals surface area contributed by atoms with Crippen molar-refractivity contribution in [1.82, 2.24) is 5.32 Å². The minimum absolute atomic E-state index is 0.322. The molecule has 1 aromatic rings. The monoisotopic (exact) mass is 289 g/mol. The van der Waals surface area contributed by atoms with E-state index in [0.29, 0.717) is 12.0 Å². The van der Waals surface area contributed by atoms with E-state index in [0.717, 1.165) is 32.1 Å². The third kappa shape index (κ3) is 6.19. The molecule has 2 rings (SSSR count). The molecule has 2 nitrogen and oxygen atoms in total. The topological polar surface area (TPSA) is 21.3 Å². The van der Waals surface area contributed by atoms with Crippen LogP contribution in [0, 0.1) is 11.8 Å². The van der Waals surface area contributed by atoms with Crippen LogP contribution >= 0.6 is 0 Å². The predicted octanol–water partition coefficient (Wildman–Crippen LogP) is 4.35. The molecule has 1 unspecified atom stereocenters. The third-order valence-corrected chi connectivity index (χ3v) is 4.13. The molecule has 1 saturated carbocycles. The van der Waals surface area contributed by atoms with Crippen LogP contribution in [0.1, 0.15) is 57.2 Å². The number of nitrogens with one attached hydrogen (secondary N) is 1. The summed E-state index contributed by atoms with van der Waals surface area (Å²) in [5.74, 6) is 1.67. The van der Waals surface area contributed by atoms with Crippen molar-refractivity contribution in [2.75, 3.05) is 19.8 Å². The van der Waals surface area contributed by atoms with Crippen molar-refractivity contribution in [1.29, 1.82) is 0 Å². The van der Waals surface area contributed by atoms with E-state index in [1.54, 1.807) is 0 Å². The SMILES string of the molecule is CCNC(COCCC1CC1)c1ccc(CC(C)C)cc1. The van der Waals surface area contributed by atoms with Crippen molar-refractivity contribution in [2.45, 2.75) is 52.5 Å². The first-order chi connectivity index (χ1) is 10.2. The van der Waals surface area contributed by atoms with E-state index in [-0.39, 0.29) is 0 Å². The fourth-order valence-corrected chi connectivity index (χ4v) is 2.73. The van der Waals surface area contributed by atoms with Crippen molar-refractivity contribution in [3.8, 4) is 0 Å². The fraction of sp³-hybridized carbons (Fsp3) is 0.684. The summed E-state index contributed by atoms with van der Waals surface area (Å²) in [6, 6.07) is 9.38. The van der Waals surface area contributed by atoms with E-state index in [4.69, 9.17) is 4.74 Å². The lowest BCUT2D eigenvalue weighted by Gasteiger charge is -2.19. The Morgan fingerprint density at radius 2 is 1.90 bits per heavy atom. The summed E-state index contributed by atoms with van der Waals surface area (Å²) in [6.45, 7) is 9.36. The molecule has 1 atom stereocenters. The second-order valence-corrected chi connectivity index (χ2v) is 6.76. The number of ether oxygens (including phenoxy) is 1. The molecular weight excluding hydrogens is 258 g/mol. The Labute approximate surface area is 130 Å². The van der Waals surface area contributed by atoms with E-state index >= 15 is 0 Å². The minimum atomic E-state index is 0.322. The van der Waals surface area contributed by atoms with Crippen molar-refractivity contribution in [2.24, 2.45) is 11.8 Å². The summed E-state index contributed by atoms with van der Waals surface area (Å²) < 4.78 is 5.89. The lowest BCUT2D eigenvalue weighted by molar-refractivity contribution is 0.107. The van der Waals surface area contributed by atoms with Gasteiger partial charge in [0.05, 0.1) is 12.6 Å². The largest absolute Gasteiger partial charge is 0.379 e. The molecule has 0 heterocycles. The predicted molar refractivity (Wildman–Crippen MR) is 89.6 cm³/mol. The maximum absolute atomic E-state index is 5.89. The highest BCUT2D eigenvalue weighted by atomic mass is 16.5. The molecule has 1 aliphatic rings. The molecule has 1 aromatic carbocycles. The van der Waals surface area contributed by atoms with Crippen molar-refractivity contribution < 1.29 is 4.74 Å². The zero-order valence-corrected chi connectivity index (χ0v) is 13.9. The summed E-state index contributed by atoms with van der Waals surface area (Å²) in [4.78, 5) is 0. The highest BCUT2D eigenvalue weighted by Gasteiger charge is 2.20. The van der Waals surface area contributed by atoms with Gasteiger partial charge in [0.25, 0.3) is 0 Å². The highest BCUT2D eigenvalue weighted by molar-refractivity contribution is 5.25. The first-order valence-electron chi connectivity index (χ1n) is 8.59. The van der Waals surface area contributed by atoms with Crippen LogP contribution in [0.2, 0.25) is 0 Å². The summed E-state index contributed by atoms with van der Waals surface area (Å²) in [6.07, 6.45) is 5.23. The third-order valence-electron chi connectivity index (χ3n) is 4.13. The molecule has 0 saturated heterocycles. The van der Waals surface area contributed by atoms with Crippen LogP contribution in [-0.4, -0.2) is 19.8 Å². The standard InChI is InChI=1S/C19H31NO/c1-4-20-19(14-21-12-11-16-5-6-16)18-9-7-17(8-10-18)13-15(2)3/h7-10,15-16,19-20H,4-6,11-14H2,1-3H3. The zero-order valence-electron chi connectivity index (χ0n) is 13.9. The Hall–Kier alpha value is -0.860. The summed E-state index contributed by atoms with van der Waals surface area (Å²) in [7, 11) is 0. The summed E-state index contributed by atoms with van der Waals surface area (Å²) in [5, 5.41) is 3.54. The van der Waals surface area contributed by atoms with Gasteiger partial charge >= 0.3 is 0 Å². The average Bonchev–Trinajstić information content (AvgIpc) is 3.27. The van der Waals surface area contributed by atoms with E-state index in [1.165, 1.54) is 30.4 Å². The molecule has 1 aliphatic carbocycles. The number of rotatable bonds is 10. The van der Waals surface area contributed by atoms with Gasteiger partial charge in [-0.25, -0.2) is 0 Å². The normalized spacial score (nSPS) is 16.4. The van der Waals surface area contributed by atoms with Gasteiger partial charge in [-0.15, -0.1) is 0 Å². The van der Waals surface area contributed by atoms with Crippen LogP contribution in [0.5, 0.6) is 0 Å². The summed E-state index contributed by atoms with van der Waals surface area (Å²) in [5.41, 5.74) is 2.77. The van der Waals surface area contributed by atoms with E-state index in [1.807, 2.05) is 0 Å². The van der Waals surface area contributed by atoms with Crippen LogP contribution < -0.4 is 5.32 Å². The lowest BCUT2D eigenvalue weighted by atomic mass is 9.99. The first-order valence-corrected chi connectivity index (χ1v) is 8.59. The number of benzene rings is 1. The molecule has 0 radical (unpaired) electrons. The molecule has 0 spiro atoms. The van der Waals surface area contributed by atoms with Gasteiger partial charge in [0.2, 0.25) is 0 Å². The molecule has 1 fully saturated rings. The maximum Gasteiger partial charge on any atom is 0.0661 e. The van der Waals surface area contributed by atoms with Gasteiger partial charge in [-0.1, -0.05) is 57.9 Å². The fourth-order valence-electron chi connectivity index (χ4n) is 2.73. The van der Waals surface area contributed by atoms with Gasteiger partial charge in [-0.2, -0.15) is 0 Å². The molecule has 0 aliphatic heterocycles. The van der Waals surface area contributed by atoms with Crippen molar-refractivity contribution >= 4 is 0 Å².